The Morgan fingerprint density at radius 1 is 1.16 bits per heavy atom. The lowest BCUT2D eigenvalue weighted by atomic mass is 9.71. The van der Waals surface area contributed by atoms with Crippen LogP contribution in [0.25, 0.3) is 0 Å². The topological polar surface area (TPSA) is 55.8 Å². The van der Waals surface area contributed by atoms with Gasteiger partial charge in [0.2, 0.25) is 0 Å². The summed E-state index contributed by atoms with van der Waals surface area (Å²) in [6, 6.07) is 10.0. The molecule has 0 fully saturated rings. The van der Waals surface area contributed by atoms with Crippen LogP contribution in [0.3, 0.4) is 0 Å². The number of phenols is 1. The quantitative estimate of drug-likeness (QED) is 0.513. The maximum atomic E-state index is 14.2. The average Bonchev–Trinajstić information content (AvgIpc) is 2.89. The Hall–Kier alpha value is -1.92. The minimum atomic E-state index is -1.17. The molecule has 0 amide bonds. The van der Waals surface area contributed by atoms with Gasteiger partial charge in [-0.05, 0) is 73.1 Å². The standard InChI is InChI=1S/C24H31FO3S.C2H6O/c1-4-7-12-24(5-2)15-20(17-8-10-22(28-6-3)21(26)13-17)19-14-18(25)9-11-23(19)29(27)16-24;1-3-2/h8-11,13-14,20,26H,4-7,12,15-16H2,1-3H3;1-2H3/t20-,24?,29?;/m1./s1. The first-order chi connectivity index (χ1) is 15.3. The number of rotatable bonds is 7. The maximum absolute atomic E-state index is 14.2. The zero-order chi connectivity index (χ0) is 23.7. The van der Waals surface area contributed by atoms with Gasteiger partial charge in [-0.25, -0.2) is 4.39 Å². The number of unbranched alkanes of at least 4 members (excludes halogenated alkanes) is 1. The van der Waals surface area contributed by atoms with E-state index in [9.17, 15) is 13.7 Å². The van der Waals surface area contributed by atoms with Crippen molar-refractivity contribution in [2.24, 2.45) is 5.41 Å². The lowest BCUT2D eigenvalue weighted by molar-refractivity contribution is 0.249. The lowest BCUT2D eigenvalue weighted by Crippen LogP contribution is -2.27. The van der Waals surface area contributed by atoms with Crippen molar-refractivity contribution in [1.29, 1.82) is 0 Å². The van der Waals surface area contributed by atoms with Gasteiger partial charge < -0.3 is 14.6 Å². The SMILES string of the molecule is CCCCC1(CC)C[C@H](c2ccc(OCC)c(O)c2)c2cc(F)ccc2S(=O)C1.COC. The van der Waals surface area contributed by atoms with Crippen LogP contribution in [-0.2, 0) is 15.5 Å². The van der Waals surface area contributed by atoms with Gasteiger partial charge in [0.05, 0.1) is 17.4 Å². The van der Waals surface area contributed by atoms with Crippen LogP contribution in [0, 0.1) is 11.2 Å². The first kappa shape index (κ1) is 26.3. The fourth-order valence-corrected chi connectivity index (χ4v) is 6.29. The minimum absolute atomic E-state index is 0.0742. The summed E-state index contributed by atoms with van der Waals surface area (Å²) in [6.45, 7) is 6.68. The van der Waals surface area contributed by atoms with E-state index in [1.54, 1.807) is 32.4 Å². The molecule has 1 aliphatic rings. The summed E-state index contributed by atoms with van der Waals surface area (Å²) >= 11 is 0. The Kier molecular flexibility index (Phi) is 10.2. The van der Waals surface area contributed by atoms with Crippen LogP contribution in [0.5, 0.6) is 11.5 Å². The van der Waals surface area contributed by atoms with Gasteiger partial charge >= 0.3 is 0 Å². The molecule has 4 nitrogen and oxygen atoms in total. The van der Waals surface area contributed by atoms with Gasteiger partial charge in [0.25, 0.3) is 0 Å². The highest BCUT2D eigenvalue weighted by Gasteiger charge is 2.39. The Bertz CT molecular complexity index is 901. The number of methoxy groups -OCH3 is 1. The second-order valence-electron chi connectivity index (χ2n) is 8.45. The van der Waals surface area contributed by atoms with Crippen LogP contribution in [0.15, 0.2) is 41.3 Å². The molecule has 0 saturated carbocycles. The van der Waals surface area contributed by atoms with Crippen molar-refractivity contribution in [3.05, 3.63) is 53.3 Å². The highest BCUT2D eigenvalue weighted by molar-refractivity contribution is 7.85. The highest BCUT2D eigenvalue weighted by Crippen LogP contribution is 2.48. The number of benzene rings is 2. The van der Waals surface area contributed by atoms with Crippen LogP contribution < -0.4 is 4.74 Å². The highest BCUT2D eigenvalue weighted by atomic mass is 32.2. The molecule has 3 rings (SSSR count). The molecule has 0 aliphatic carbocycles. The molecule has 0 bridgehead atoms. The van der Waals surface area contributed by atoms with E-state index in [1.807, 2.05) is 13.0 Å². The van der Waals surface area contributed by atoms with Gasteiger partial charge in [-0.2, -0.15) is 0 Å². The normalized spacial score (nSPS) is 22.3. The van der Waals surface area contributed by atoms with Crippen molar-refractivity contribution in [1.82, 2.24) is 0 Å². The molecule has 6 heteroatoms. The van der Waals surface area contributed by atoms with Gasteiger partial charge in [-0.1, -0.05) is 32.8 Å². The van der Waals surface area contributed by atoms with Crippen molar-refractivity contribution in [3.8, 4) is 11.5 Å². The monoisotopic (exact) mass is 464 g/mol. The third-order valence-electron chi connectivity index (χ3n) is 6.16. The van der Waals surface area contributed by atoms with E-state index in [1.165, 1.54) is 12.1 Å². The Labute approximate surface area is 194 Å². The lowest BCUT2D eigenvalue weighted by Gasteiger charge is -2.34. The molecule has 178 valence electrons. The van der Waals surface area contributed by atoms with Crippen molar-refractivity contribution in [2.45, 2.75) is 63.7 Å². The van der Waals surface area contributed by atoms with Gasteiger partial charge in [-0.3, -0.25) is 4.21 Å². The van der Waals surface area contributed by atoms with Crippen LogP contribution >= 0.6 is 0 Å². The van der Waals surface area contributed by atoms with Gasteiger partial charge in [0.15, 0.2) is 11.5 Å². The second kappa shape index (κ2) is 12.4. The number of hydrogen-bond acceptors (Lipinski definition) is 4. The van der Waals surface area contributed by atoms with Gasteiger partial charge in [-0.15, -0.1) is 0 Å². The molecule has 1 heterocycles. The second-order valence-corrected chi connectivity index (χ2v) is 9.87. The Morgan fingerprint density at radius 2 is 1.88 bits per heavy atom. The summed E-state index contributed by atoms with van der Waals surface area (Å²) in [6.07, 6.45) is 4.89. The number of phenolic OH excluding ortho intramolecular Hbond substituents is 1. The summed E-state index contributed by atoms with van der Waals surface area (Å²) in [7, 11) is 2.08. The molecule has 0 saturated heterocycles. The van der Waals surface area contributed by atoms with E-state index in [0.717, 1.165) is 48.1 Å². The first-order valence-electron chi connectivity index (χ1n) is 11.4. The Morgan fingerprint density at radius 3 is 2.47 bits per heavy atom. The predicted molar refractivity (Wildman–Crippen MR) is 129 cm³/mol. The van der Waals surface area contributed by atoms with Crippen molar-refractivity contribution in [2.75, 3.05) is 26.6 Å². The summed E-state index contributed by atoms with van der Waals surface area (Å²) in [5, 5.41) is 10.4. The van der Waals surface area contributed by atoms with Crippen LogP contribution in [0.2, 0.25) is 0 Å². The first-order valence-corrected chi connectivity index (χ1v) is 12.7. The fraction of sp³-hybridized carbons (Fsp3) is 0.538. The van der Waals surface area contributed by atoms with Gasteiger partial charge in [0.1, 0.15) is 5.82 Å². The smallest absolute Gasteiger partial charge is 0.160 e. The van der Waals surface area contributed by atoms with Crippen LogP contribution in [0.4, 0.5) is 4.39 Å². The van der Waals surface area contributed by atoms with E-state index in [-0.39, 0.29) is 22.9 Å². The molecule has 32 heavy (non-hydrogen) atoms. The molecule has 0 spiro atoms. The molecular weight excluding hydrogens is 427 g/mol. The molecule has 0 aromatic heterocycles. The molecule has 1 N–H and O–H groups in total. The van der Waals surface area contributed by atoms with Crippen LogP contribution in [0.1, 0.15) is 69.9 Å². The van der Waals surface area contributed by atoms with E-state index >= 15 is 0 Å². The maximum Gasteiger partial charge on any atom is 0.160 e. The molecule has 0 radical (unpaired) electrons. The average molecular weight is 465 g/mol. The van der Waals surface area contributed by atoms with Crippen molar-refractivity contribution >= 4 is 10.8 Å². The molecule has 2 aromatic carbocycles. The van der Waals surface area contributed by atoms with Crippen LogP contribution in [-0.4, -0.2) is 35.9 Å². The molecule has 1 aliphatic heterocycles. The number of hydrogen-bond donors (Lipinski definition) is 1. The van der Waals surface area contributed by atoms with E-state index in [2.05, 4.69) is 18.6 Å². The zero-order valence-corrected chi connectivity index (χ0v) is 20.8. The number of ether oxygens (including phenoxy) is 2. The summed E-state index contributed by atoms with van der Waals surface area (Å²) < 4.78 is 37.2. The number of halogens is 1. The number of aromatic hydroxyl groups is 1. The van der Waals surface area contributed by atoms with Crippen molar-refractivity contribution < 1.29 is 23.2 Å². The Balaban J connectivity index is 0.00000114. The molecule has 2 aromatic rings. The molecular formula is C26H37FO4S. The number of fused-ring (bicyclic) bond motifs is 1. The minimum Gasteiger partial charge on any atom is -0.504 e. The molecule has 2 unspecified atom stereocenters. The summed E-state index contributed by atoms with van der Waals surface area (Å²) in [4.78, 5) is 0.719. The summed E-state index contributed by atoms with van der Waals surface area (Å²) in [5.74, 6) is 0.690. The van der Waals surface area contributed by atoms with Gasteiger partial charge in [0, 0.05) is 30.8 Å². The summed E-state index contributed by atoms with van der Waals surface area (Å²) in [5.41, 5.74) is 1.61. The third-order valence-corrected chi connectivity index (χ3v) is 7.90. The predicted octanol–water partition coefficient (Wildman–Crippen LogP) is 6.42. The fourth-order valence-electron chi connectivity index (χ4n) is 4.43. The van der Waals surface area contributed by atoms with E-state index in [0.29, 0.717) is 18.1 Å². The third kappa shape index (κ3) is 6.32. The van der Waals surface area contributed by atoms with E-state index in [4.69, 9.17) is 4.74 Å². The van der Waals surface area contributed by atoms with Crippen molar-refractivity contribution in [3.63, 3.8) is 0 Å². The molecule has 3 atom stereocenters. The zero-order valence-electron chi connectivity index (χ0n) is 19.9. The largest absolute Gasteiger partial charge is 0.504 e. The van der Waals surface area contributed by atoms with E-state index < -0.39 is 10.8 Å².